The van der Waals surface area contributed by atoms with Gasteiger partial charge in [-0.05, 0) is 18.8 Å². The Balaban J connectivity index is 2.04. The summed E-state index contributed by atoms with van der Waals surface area (Å²) in [6.07, 6.45) is -3.14. The number of cyclic esters (lactones) is 1. The number of amides is 1. The van der Waals surface area contributed by atoms with Crippen LogP contribution in [0.1, 0.15) is 32.4 Å². The van der Waals surface area contributed by atoms with Crippen molar-refractivity contribution in [3.05, 3.63) is 22.9 Å². The topological polar surface area (TPSA) is 88.5 Å². The van der Waals surface area contributed by atoms with Crippen LogP contribution in [0.3, 0.4) is 0 Å². The van der Waals surface area contributed by atoms with Gasteiger partial charge in [0.15, 0.2) is 5.13 Å². The Kier molecular flexibility index (Phi) is 5.40. The molecule has 1 aromatic rings. The summed E-state index contributed by atoms with van der Waals surface area (Å²) in [6.45, 7) is 3.70. The van der Waals surface area contributed by atoms with Gasteiger partial charge in [0.1, 0.15) is 11.4 Å². The van der Waals surface area contributed by atoms with E-state index in [1.807, 2.05) is 13.8 Å². The fraction of sp³-hybridized carbons (Fsp3) is 0.533. The van der Waals surface area contributed by atoms with Crippen molar-refractivity contribution < 1.29 is 32.6 Å². The van der Waals surface area contributed by atoms with Gasteiger partial charge in [-0.2, -0.15) is 13.2 Å². The lowest BCUT2D eigenvalue weighted by Crippen LogP contribution is -2.43. The highest BCUT2D eigenvalue weighted by Crippen LogP contribution is 2.36. The molecule has 1 atom stereocenters. The van der Waals surface area contributed by atoms with E-state index in [2.05, 4.69) is 4.98 Å². The van der Waals surface area contributed by atoms with Crippen LogP contribution >= 0.6 is 11.3 Å². The minimum absolute atomic E-state index is 0.0682. The van der Waals surface area contributed by atoms with Crippen molar-refractivity contribution in [1.82, 2.24) is 4.98 Å². The lowest BCUT2D eigenvalue weighted by Gasteiger charge is -2.38. The van der Waals surface area contributed by atoms with Crippen LogP contribution in [-0.4, -0.2) is 33.7 Å². The standard InChI is InChI=1S/C15H17F3N2O4S/c1-8(2)14(6-10(21)5-11(22)24-14)4-3-9-7-25-13(19-9)20-12(23)15(16,17)18/h5,7-8,21H,3-4,6H2,1-2H3,(H,19,20,23). The van der Waals surface area contributed by atoms with Gasteiger partial charge in [0.2, 0.25) is 0 Å². The van der Waals surface area contributed by atoms with Gasteiger partial charge < -0.3 is 9.84 Å². The average molecular weight is 378 g/mol. The van der Waals surface area contributed by atoms with E-state index in [-0.39, 0.29) is 23.2 Å². The molecule has 2 heterocycles. The molecule has 6 nitrogen and oxygen atoms in total. The van der Waals surface area contributed by atoms with Crippen molar-refractivity contribution in [1.29, 1.82) is 0 Å². The van der Waals surface area contributed by atoms with E-state index in [9.17, 15) is 27.9 Å². The zero-order valence-corrected chi connectivity index (χ0v) is 14.3. The Morgan fingerprint density at radius 2 is 2.20 bits per heavy atom. The summed E-state index contributed by atoms with van der Waals surface area (Å²) >= 11 is 0.877. The second kappa shape index (κ2) is 7.03. The zero-order valence-electron chi connectivity index (χ0n) is 13.5. The molecule has 1 aliphatic rings. The van der Waals surface area contributed by atoms with Crippen LogP contribution in [0.25, 0.3) is 0 Å². The summed E-state index contributed by atoms with van der Waals surface area (Å²) in [5, 5.41) is 12.8. The fourth-order valence-corrected chi connectivity index (χ4v) is 3.24. The number of ether oxygens (including phenoxy) is 1. The monoisotopic (exact) mass is 378 g/mol. The third kappa shape index (κ3) is 4.71. The van der Waals surface area contributed by atoms with Gasteiger partial charge in [-0.1, -0.05) is 13.8 Å². The van der Waals surface area contributed by atoms with Gasteiger partial charge in [0, 0.05) is 11.8 Å². The number of rotatable bonds is 5. The van der Waals surface area contributed by atoms with E-state index in [4.69, 9.17) is 4.74 Å². The van der Waals surface area contributed by atoms with Crippen molar-refractivity contribution in [2.24, 2.45) is 5.92 Å². The molecule has 0 aliphatic carbocycles. The first-order valence-electron chi connectivity index (χ1n) is 7.47. The smallest absolute Gasteiger partial charge is 0.471 e. The maximum absolute atomic E-state index is 12.2. The molecular formula is C15H17F3N2O4S. The Labute approximate surface area is 145 Å². The van der Waals surface area contributed by atoms with E-state index in [1.54, 1.807) is 5.32 Å². The number of carbonyl (C=O) groups excluding carboxylic acids is 2. The van der Waals surface area contributed by atoms with Crippen molar-refractivity contribution in [2.75, 3.05) is 5.32 Å². The molecule has 0 spiro atoms. The van der Waals surface area contributed by atoms with Crippen LogP contribution in [-0.2, 0) is 20.7 Å². The summed E-state index contributed by atoms with van der Waals surface area (Å²) in [4.78, 5) is 26.4. The molecule has 1 amide bonds. The molecule has 0 saturated carbocycles. The quantitative estimate of drug-likeness (QED) is 0.767. The number of aryl methyl sites for hydroxylation is 1. The number of aliphatic hydroxyl groups is 1. The first-order valence-corrected chi connectivity index (χ1v) is 8.35. The maximum atomic E-state index is 12.2. The van der Waals surface area contributed by atoms with Crippen molar-refractivity contribution in [3.63, 3.8) is 0 Å². The zero-order chi connectivity index (χ0) is 18.8. The normalized spacial score (nSPS) is 21.0. The van der Waals surface area contributed by atoms with E-state index in [1.165, 1.54) is 5.38 Å². The molecule has 1 unspecified atom stereocenters. The third-order valence-electron chi connectivity index (χ3n) is 3.95. The summed E-state index contributed by atoms with van der Waals surface area (Å²) in [7, 11) is 0. The molecule has 0 saturated heterocycles. The number of aromatic nitrogens is 1. The number of halogens is 3. The first kappa shape index (κ1) is 19.2. The molecule has 0 radical (unpaired) electrons. The number of carbonyl (C=O) groups is 2. The molecule has 1 aromatic heterocycles. The number of nitrogens with one attached hydrogen (secondary N) is 1. The number of alkyl halides is 3. The molecule has 25 heavy (non-hydrogen) atoms. The van der Waals surface area contributed by atoms with Gasteiger partial charge in [-0.15, -0.1) is 11.3 Å². The number of anilines is 1. The molecular weight excluding hydrogens is 361 g/mol. The molecule has 10 heteroatoms. The highest BCUT2D eigenvalue weighted by Gasteiger charge is 2.41. The summed E-state index contributed by atoms with van der Waals surface area (Å²) in [6, 6.07) is 0. The predicted molar refractivity (Wildman–Crippen MR) is 84.1 cm³/mol. The average Bonchev–Trinajstić information content (AvgIpc) is 2.90. The van der Waals surface area contributed by atoms with Crippen LogP contribution < -0.4 is 5.32 Å². The summed E-state index contributed by atoms with van der Waals surface area (Å²) in [5.41, 5.74) is -0.442. The first-order chi connectivity index (χ1) is 11.5. The number of hydrogen-bond acceptors (Lipinski definition) is 6. The highest BCUT2D eigenvalue weighted by atomic mass is 32.1. The summed E-state index contributed by atoms with van der Waals surface area (Å²) < 4.78 is 42.1. The van der Waals surface area contributed by atoms with Crippen molar-refractivity contribution in [2.45, 2.75) is 44.9 Å². The van der Waals surface area contributed by atoms with Crippen LogP contribution in [0.4, 0.5) is 18.3 Å². The summed E-state index contributed by atoms with van der Waals surface area (Å²) in [5.74, 6) is -2.87. The van der Waals surface area contributed by atoms with Crippen molar-refractivity contribution >= 4 is 28.3 Å². The Bertz CT molecular complexity index is 699. The molecule has 138 valence electrons. The molecule has 0 aromatic carbocycles. The Morgan fingerprint density at radius 3 is 2.76 bits per heavy atom. The van der Waals surface area contributed by atoms with Crippen LogP contribution in [0, 0.1) is 5.92 Å². The molecule has 0 bridgehead atoms. The number of thiazole rings is 1. The van der Waals surface area contributed by atoms with E-state index in [0.717, 1.165) is 17.4 Å². The highest BCUT2D eigenvalue weighted by molar-refractivity contribution is 7.13. The molecule has 2 rings (SSSR count). The molecule has 0 fully saturated rings. The second-order valence-corrected chi connectivity index (χ2v) is 6.91. The fourth-order valence-electron chi connectivity index (χ4n) is 2.50. The Hall–Kier alpha value is -2.10. The van der Waals surface area contributed by atoms with Gasteiger partial charge in [0.05, 0.1) is 11.8 Å². The third-order valence-corrected chi connectivity index (χ3v) is 4.76. The van der Waals surface area contributed by atoms with Gasteiger partial charge in [0.25, 0.3) is 0 Å². The van der Waals surface area contributed by atoms with Crippen LogP contribution in [0.5, 0.6) is 0 Å². The molecule has 1 aliphatic heterocycles. The second-order valence-electron chi connectivity index (χ2n) is 6.05. The van der Waals surface area contributed by atoms with Crippen LogP contribution in [0.15, 0.2) is 17.2 Å². The lowest BCUT2D eigenvalue weighted by molar-refractivity contribution is -0.167. The molecule has 2 N–H and O–H groups in total. The lowest BCUT2D eigenvalue weighted by atomic mass is 9.80. The van der Waals surface area contributed by atoms with E-state index in [0.29, 0.717) is 18.5 Å². The largest absolute Gasteiger partial charge is 0.512 e. The number of hydrogen-bond donors (Lipinski definition) is 2. The SMILES string of the molecule is CC(C)C1(CCc2csc(NC(=O)C(F)(F)F)n2)CC(O)=CC(=O)O1. The van der Waals surface area contributed by atoms with Gasteiger partial charge >= 0.3 is 18.1 Å². The number of aliphatic hydroxyl groups excluding tert-OH is 1. The minimum Gasteiger partial charge on any atom is -0.512 e. The number of nitrogens with zero attached hydrogens (tertiary/aromatic N) is 1. The van der Waals surface area contributed by atoms with E-state index < -0.39 is 23.7 Å². The van der Waals surface area contributed by atoms with Crippen molar-refractivity contribution in [3.8, 4) is 0 Å². The predicted octanol–water partition coefficient (Wildman–Crippen LogP) is 3.36. The van der Waals surface area contributed by atoms with Crippen LogP contribution in [0.2, 0.25) is 0 Å². The van der Waals surface area contributed by atoms with E-state index >= 15 is 0 Å². The van der Waals surface area contributed by atoms with Gasteiger partial charge in [-0.25, -0.2) is 9.78 Å². The van der Waals surface area contributed by atoms with Gasteiger partial charge in [-0.3, -0.25) is 10.1 Å². The minimum atomic E-state index is -4.98. The number of esters is 1. The maximum Gasteiger partial charge on any atom is 0.471 e. The Morgan fingerprint density at radius 1 is 1.52 bits per heavy atom.